The Morgan fingerprint density at radius 1 is 1.50 bits per heavy atom. The number of hydrogen-bond acceptors (Lipinski definition) is 5. The fraction of sp³-hybridized carbons (Fsp3) is 0.357. The Morgan fingerprint density at radius 2 is 2.30 bits per heavy atom. The highest BCUT2D eigenvalue weighted by Gasteiger charge is 2.21. The summed E-state index contributed by atoms with van der Waals surface area (Å²) in [4.78, 5) is 22.2. The molecule has 6 nitrogen and oxygen atoms in total. The predicted octanol–water partition coefficient (Wildman–Crippen LogP) is 2.87. The van der Waals surface area contributed by atoms with Crippen molar-refractivity contribution in [3.05, 3.63) is 40.5 Å². The fourth-order valence-corrected chi connectivity index (χ4v) is 2.10. The van der Waals surface area contributed by atoms with E-state index in [-0.39, 0.29) is 23.8 Å². The van der Waals surface area contributed by atoms with E-state index in [1.807, 2.05) is 12.2 Å². The number of nitro groups is 1. The van der Waals surface area contributed by atoms with Crippen LogP contribution in [-0.4, -0.2) is 18.0 Å². The Hall–Kier alpha value is -2.37. The Kier molecular flexibility index (Phi) is 4.34. The molecule has 0 saturated heterocycles. The normalized spacial score (nSPS) is 16.9. The number of methoxy groups -OCH3 is 1. The summed E-state index contributed by atoms with van der Waals surface area (Å²) < 4.78 is 10.0. The lowest BCUT2D eigenvalue weighted by molar-refractivity contribution is -0.385. The van der Waals surface area contributed by atoms with Crippen molar-refractivity contribution < 1.29 is 19.2 Å². The van der Waals surface area contributed by atoms with E-state index in [4.69, 9.17) is 9.47 Å². The van der Waals surface area contributed by atoms with Gasteiger partial charge in [0.05, 0.1) is 24.5 Å². The Labute approximate surface area is 116 Å². The predicted molar refractivity (Wildman–Crippen MR) is 71.8 cm³/mol. The van der Waals surface area contributed by atoms with Crippen molar-refractivity contribution in [1.29, 1.82) is 0 Å². The second-order valence-corrected chi connectivity index (χ2v) is 4.53. The van der Waals surface area contributed by atoms with Gasteiger partial charge in [-0.3, -0.25) is 14.9 Å². The van der Waals surface area contributed by atoms with Crippen LogP contribution in [0.5, 0.6) is 11.5 Å². The van der Waals surface area contributed by atoms with Crippen molar-refractivity contribution in [3.8, 4) is 11.5 Å². The molecule has 106 valence electrons. The van der Waals surface area contributed by atoms with Crippen molar-refractivity contribution in [2.45, 2.75) is 19.3 Å². The van der Waals surface area contributed by atoms with Gasteiger partial charge >= 0.3 is 11.7 Å². The monoisotopic (exact) mass is 277 g/mol. The zero-order chi connectivity index (χ0) is 14.5. The number of rotatable bonds is 5. The van der Waals surface area contributed by atoms with Gasteiger partial charge in [-0.1, -0.05) is 12.2 Å². The molecule has 1 aliphatic rings. The quantitative estimate of drug-likeness (QED) is 0.272. The van der Waals surface area contributed by atoms with Crippen LogP contribution in [0.3, 0.4) is 0 Å². The SMILES string of the molecule is COc1ccc(OC(=O)CC2C=CCC2)c([N+](=O)[O-])c1. The molecule has 20 heavy (non-hydrogen) atoms. The molecule has 0 aromatic heterocycles. The first kappa shape index (κ1) is 14.0. The van der Waals surface area contributed by atoms with Crippen LogP contribution >= 0.6 is 0 Å². The average Bonchev–Trinajstić information content (AvgIpc) is 2.91. The molecule has 1 aliphatic carbocycles. The lowest BCUT2D eigenvalue weighted by atomic mass is 10.1. The van der Waals surface area contributed by atoms with Gasteiger partial charge in [-0.2, -0.15) is 0 Å². The number of ether oxygens (including phenoxy) is 2. The van der Waals surface area contributed by atoms with Gasteiger partial charge in [0.1, 0.15) is 5.75 Å². The van der Waals surface area contributed by atoms with Gasteiger partial charge in [0.2, 0.25) is 5.75 Å². The lowest BCUT2D eigenvalue weighted by Crippen LogP contribution is -2.12. The van der Waals surface area contributed by atoms with Crippen LogP contribution in [0.15, 0.2) is 30.4 Å². The van der Waals surface area contributed by atoms with Crippen molar-refractivity contribution in [1.82, 2.24) is 0 Å². The van der Waals surface area contributed by atoms with Crippen LogP contribution in [0.4, 0.5) is 5.69 Å². The first-order valence-corrected chi connectivity index (χ1v) is 6.30. The Morgan fingerprint density at radius 3 is 2.90 bits per heavy atom. The van der Waals surface area contributed by atoms with Crippen molar-refractivity contribution in [3.63, 3.8) is 0 Å². The maximum absolute atomic E-state index is 11.8. The molecule has 0 amide bonds. The van der Waals surface area contributed by atoms with E-state index in [2.05, 4.69) is 0 Å². The molecule has 6 heteroatoms. The summed E-state index contributed by atoms with van der Waals surface area (Å²) in [6.07, 6.45) is 6.11. The second-order valence-electron chi connectivity index (χ2n) is 4.53. The molecule has 2 rings (SSSR count). The van der Waals surface area contributed by atoms with Crippen molar-refractivity contribution >= 4 is 11.7 Å². The number of nitrogens with zero attached hydrogens (tertiary/aromatic N) is 1. The minimum atomic E-state index is -0.597. The van der Waals surface area contributed by atoms with Crippen molar-refractivity contribution in [2.75, 3.05) is 7.11 Å². The summed E-state index contributed by atoms with van der Waals surface area (Å²) in [5.41, 5.74) is -0.278. The van der Waals surface area contributed by atoms with Gasteiger partial charge in [-0.05, 0) is 30.9 Å². The Bertz CT molecular complexity index is 552. The molecule has 0 N–H and O–H groups in total. The van der Waals surface area contributed by atoms with Crippen LogP contribution in [0.2, 0.25) is 0 Å². The third kappa shape index (κ3) is 3.34. The minimum Gasteiger partial charge on any atom is -0.496 e. The molecule has 1 aromatic carbocycles. The first-order valence-electron chi connectivity index (χ1n) is 6.30. The topological polar surface area (TPSA) is 78.7 Å². The number of carbonyl (C=O) groups is 1. The van der Waals surface area contributed by atoms with Crippen LogP contribution in [-0.2, 0) is 4.79 Å². The molecule has 0 radical (unpaired) electrons. The summed E-state index contributed by atoms with van der Waals surface area (Å²) in [5, 5.41) is 11.0. The number of benzene rings is 1. The zero-order valence-corrected chi connectivity index (χ0v) is 11.1. The molecule has 1 aromatic rings. The van der Waals surface area contributed by atoms with Crippen LogP contribution in [0.1, 0.15) is 19.3 Å². The summed E-state index contributed by atoms with van der Waals surface area (Å²) in [5.74, 6) is -0.00683. The third-order valence-corrected chi connectivity index (χ3v) is 3.13. The van der Waals surface area contributed by atoms with E-state index in [9.17, 15) is 14.9 Å². The van der Waals surface area contributed by atoms with Gasteiger partial charge in [-0.25, -0.2) is 0 Å². The molecular formula is C14H15NO5. The smallest absolute Gasteiger partial charge is 0.315 e. The highest BCUT2D eigenvalue weighted by Crippen LogP contribution is 2.32. The summed E-state index contributed by atoms with van der Waals surface area (Å²) in [6.45, 7) is 0. The average molecular weight is 277 g/mol. The minimum absolute atomic E-state index is 0.0530. The van der Waals surface area contributed by atoms with Gasteiger partial charge in [0, 0.05) is 0 Å². The molecule has 0 bridgehead atoms. The summed E-state index contributed by atoms with van der Waals surface area (Å²) >= 11 is 0. The van der Waals surface area contributed by atoms with E-state index < -0.39 is 10.9 Å². The maximum Gasteiger partial charge on any atom is 0.315 e. The largest absolute Gasteiger partial charge is 0.496 e. The molecule has 1 atom stereocenters. The second kappa shape index (κ2) is 6.18. The zero-order valence-electron chi connectivity index (χ0n) is 11.1. The van der Waals surface area contributed by atoms with Crippen molar-refractivity contribution in [2.24, 2.45) is 5.92 Å². The van der Waals surface area contributed by atoms with Gasteiger partial charge in [0.15, 0.2) is 0 Å². The van der Waals surface area contributed by atoms with Gasteiger partial charge in [0.25, 0.3) is 0 Å². The maximum atomic E-state index is 11.8. The molecule has 0 heterocycles. The number of allylic oxidation sites excluding steroid dienone is 2. The number of carbonyl (C=O) groups excluding carboxylic acids is 1. The molecule has 0 fully saturated rings. The first-order chi connectivity index (χ1) is 9.60. The molecular weight excluding hydrogens is 262 g/mol. The highest BCUT2D eigenvalue weighted by molar-refractivity contribution is 5.74. The van der Waals surface area contributed by atoms with E-state index >= 15 is 0 Å². The number of esters is 1. The Balaban J connectivity index is 2.09. The van der Waals surface area contributed by atoms with E-state index in [1.165, 1.54) is 25.3 Å². The molecule has 0 spiro atoms. The molecule has 1 unspecified atom stereocenters. The standard InChI is InChI=1S/C14H15NO5/c1-19-11-6-7-13(12(9-11)15(17)18)20-14(16)8-10-4-2-3-5-10/h2,4,6-7,9-10H,3,5,8H2,1H3. The summed E-state index contributed by atoms with van der Waals surface area (Å²) in [7, 11) is 1.41. The fourth-order valence-electron chi connectivity index (χ4n) is 2.10. The molecule has 0 aliphatic heterocycles. The van der Waals surface area contributed by atoms with Crippen LogP contribution in [0.25, 0.3) is 0 Å². The molecule has 0 saturated carbocycles. The number of nitro benzene ring substituents is 1. The van der Waals surface area contributed by atoms with Gasteiger partial charge < -0.3 is 9.47 Å². The highest BCUT2D eigenvalue weighted by atomic mass is 16.6. The van der Waals surface area contributed by atoms with E-state index in [0.717, 1.165) is 12.8 Å². The van der Waals surface area contributed by atoms with E-state index in [1.54, 1.807) is 0 Å². The summed E-state index contributed by atoms with van der Waals surface area (Å²) in [6, 6.07) is 4.13. The van der Waals surface area contributed by atoms with Gasteiger partial charge in [-0.15, -0.1) is 0 Å². The van der Waals surface area contributed by atoms with Crippen LogP contribution < -0.4 is 9.47 Å². The van der Waals surface area contributed by atoms with E-state index in [0.29, 0.717) is 5.75 Å². The third-order valence-electron chi connectivity index (χ3n) is 3.13. The van der Waals surface area contributed by atoms with Crippen LogP contribution in [0, 0.1) is 16.0 Å². The number of hydrogen-bond donors (Lipinski definition) is 0. The lowest BCUT2D eigenvalue weighted by Gasteiger charge is -2.09.